The molecule has 2 rings (SSSR count). The van der Waals surface area contributed by atoms with Crippen molar-refractivity contribution in [1.82, 2.24) is 9.62 Å². The Hall–Kier alpha value is -1.41. The maximum atomic E-state index is 12.2. The fourth-order valence-electron chi connectivity index (χ4n) is 2.15. The molecule has 0 spiro atoms. The van der Waals surface area contributed by atoms with Gasteiger partial charge in [0.1, 0.15) is 0 Å². The van der Waals surface area contributed by atoms with Crippen LogP contribution >= 0.6 is 27.5 Å². The first-order valence-electron chi connectivity index (χ1n) is 7.51. The molecular weight excluding hydrogens is 428 g/mol. The SMILES string of the molecule is CN(Cc1ccc(Cl)cc1)C(=O)CCNS(=O)(=O)c1cccc(Br)c1. The quantitative estimate of drug-likeness (QED) is 0.710. The minimum Gasteiger partial charge on any atom is -0.341 e. The molecule has 0 atom stereocenters. The Kier molecular flexibility index (Phi) is 7.01. The van der Waals surface area contributed by atoms with Crippen molar-refractivity contribution in [3.05, 3.63) is 63.6 Å². The average Bonchev–Trinajstić information content (AvgIpc) is 2.56. The van der Waals surface area contributed by atoms with Gasteiger partial charge in [-0.15, -0.1) is 0 Å². The predicted octanol–water partition coefficient (Wildman–Crippen LogP) is 3.43. The van der Waals surface area contributed by atoms with Gasteiger partial charge < -0.3 is 4.90 Å². The largest absolute Gasteiger partial charge is 0.341 e. The Morgan fingerprint density at radius 3 is 2.52 bits per heavy atom. The van der Waals surface area contributed by atoms with Crippen LogP contribution < -0.4 is 4.72 Å². The molecule has 0 saturated heterocycles. The third-order valence-corrected chi connectivity index (χ3v) is 5.70. The Bertz CT molecular complexity index is 841. The van der Waals surface area contributed by atoms with Crippen molar-refractivity contribution in [2.75, 3.05) is 13.6 Å². The molecule has 0 radical (unpaired) electrons. The first-order valence-corrected chi connectivity index (χ1v) is 10.2. The molecular formula is C17H18BrClN2O3S. The van der Waals surface area contributed by atoms with Crippen LogP contribution in [-0.2, 0) is 21.4 Å². The maximum Gasteiger partial charge on any atom is 0.240 e. The zero-order chi connectivity index (χ0) is 18.4. The van der Waals surface area contributed by atoms with Crippen molar-refractivity contribution in [2.24, 2.45) is 0 Å². The number of hydrogen-bond donors (Lipinski definition) is 1. The van der Waals surface area contributed by atoms with Gasteiger partial charge in [-0.1, -0.05) is 45.7 Å². The van der Waals surface area contributed by atoms with Gasteiger partial charge in [0.05, 0.1) is 4.90 Å². The van der Waals surface area contributed by atoms with Crippen molar-refractivity contribution >= 4 is 43.5 Å². The number of halogens is 2. The van der Waals surface area contributed by atoms with E-state index in [2.05, 4.69) is 20.7 Å². The van der Waals surface area contributed by atoms with Crippen LogP contribution in [0.25, 0.3) is 0 Å². The van der Waals surface area contributed by atoms with Gasteiger partial charge >= 0.3 is 0 Å². The van der Waals surface area contributed by atoms with Crippen LogP contribution in [0.2, 0.25) is 5.02 Å². The van der Waals surface area contributed by atoms with Gasteiger partial charge in [0.25, 0.3) is 0 Å². The van der Waals surface area contributed by atoms with Crippen LogP contribution in [0.5, 0.6) is 0 Å². The number of benzene rings is 2. The zero-order valence-electron chi connectivity index (χ0n) is 13.6. The molecule has 1 N–H and O–H groups in total. The fraction of sp³-hybridized carbons (Fsp3) is 0.235. The highest BCUT2D eigenvalue weighted by atomic mass is 79.9. The number of amides is 1. The summed E-state index contributed by atoms with van der Waals surface area (Å²) >= 11 is 9.07. The van der Waals surface area contributed by atoms with Gasteiger partial charge in [-0.2, -0.15) is 0 Å². The Morgan fingerprint density at radius 2 is 1.88 bits per heavy atom. The predicted molar refractivity (Wildman–Crippen MR) is 102 cm³/mol. The van der Waals surface area contributed by atoms with Gasteiger partial charge in [0.2, 0.25) is 15.9 Å². The van der Waals surface area contributed by atoms with E-state index in [4.69, 9.17) is 11.6 Å². The van der Waals surface area contributed by atoms with E-state index in [1.54, 1.807) is 36.2 Å². The van der Waals surface area contributed by atoms with E-state index in [0.29, 0.717) is 16.0 Å². The van der Waals surface area contributed by atoms with Crippen molar-refractivity contribution in [3.8, 4) is 0 Å². The molecule has 0 aliphatic heterocycles. The van der Waals surface area contributed by atoms with E-state index < -0.39 is 10.0 Å². The summed E-state index contributed by atoms with van der Waals surface area (Å²) in [5.74, 6) is -0.146. The van der Waals surface area contributed by atoms with Gasteiger partial charge in [0, 0.05) is 36.1 Å². The van der Waals surface area contributed by atoms with Crippen LogP contribution in [0.15, 0.2) is 57.9 Å². The summed E-state index contributed by atoms with van der Waals surface area (Å²) in [6, 6.07) is 13.6. The van der Waals surface area contributed by atoms with Crippen LogP contribution in [0.4, 0.5) is 0 Å². The number of carbonyl (C=O) groups excluding carboxylic acids is 1. The molecule has 0 aliphatic rings. The highest BCUT2D eigenvalue weighted by Gasteiger charge is 2.15. The lowest BCUT2D eigenvalue weighted by Gasteiger charge is -2.17. The van der Waals surface area contributed by atoms with Crippen LogP contribution in [0, 0.1) is 0 Å². The Morgan fingerprint density at radius 1 is 1.20 bits per heavy atom. The second-order valence-electron chi connectivity index (χ2n) is 5.48. The molecule has 0 saturated carbocycles. The van der Waals surface area contributed by atoms with Crippen LogP contribution in [0.1, 0.15) is 12.0 Å². The summed E-state index contributed by atoms with van der Waals surface area (Å²) in [5.41, 5.74) is 0.954. The smallest absolute Gasteiger partial charge is 0.240 e. The number of sulfonamides is 1. The molecule has 0 bridgehead atoms. The van der Waals surface area contributed by atoms with Crippen LogP contribution in [0.3, 0.4) is 0 Å². The summed E-state index contributed by atoms with van der Waals surface area (Å²) < 4.78 is 27.5. The molecule has 5 nitrogen and oxygen atoms in total. The lowest BCUT2D eigenvalue weighted by molar-refractivity contribution is -0.130. The van der Waals surface area contributed by atoms with Gasteiger partial charge in [-0.3, -0.25) is 4.79 Å². The molecule has 0 fully saturated rings. The molecule has 0 aromatic heterocycles. The maximum absolute atomic E-state index is 12.2. The summed E-state index contributed by atoms with van der Waals surface area (Å²) in [6.07, 6.45) is 0.0807. The molecule has 8 heteroatoms. The molecule has 25 heavy (non-hydrogen) atoms. The van der Waals surface area contributed by atoms with E-state index in [1.165, 1.54) is 12.1 Å². The van der Waals surface area contributed by atoms with E-state index >= 15 is 0 Å². The molecule has 134 valence electrons. The number of hydrogen-bond acceptors (Lipinski definition) is 3. The topological polar surface area (TPSA) is 66.5 Å². The lowest BCUT2D eigenvalue weighted by atomic mass is 10.2. The van der Waals surface area contributed by atoms with E-state index in [9.17, 15) is 13.2 Å². The summed E-state index contributed by atoms with van der Waals surface area (Å²) in [5, 5.41) is 0.639. The molecule has 0 aliphatic carbocycles. The summed E-state index contributed by atoms with van der Waals surface area (Å²) in [4.78, 5) is 13.9. The van der Waals surface area contributed by atoms with Crippen molar-refractivity contribution in [1.29, 1.82) is 0 Å². The second kappa shape index (κ2) is 8.80. The molecule has 2 aromatic rings. The van der Waals surface area contributed by atoms with E-state index in [1.807, 2.05) is 12.1 Å². The fourth-order valence-corrected chi connectivity index (χ4v) is 3.91. The third-order valence-electron chi connectivity index (χ3n) is 3.50. The monoisotopic (exact) mass is 444 g/mol. The first-order chi connectivity index (χ1) is 11.8. The number of carbonyl (C=O) groups is 1. The standard InChI is InChI=1S/C17H18BrClN2O3S/c1-21(12-13-5-7-15(19)8-6-13)17(22)9-10-20-25(23,24)16-4-2-3-14(18)11-16/h2-8,11,20H,9-10,12H2,1H3. The minimum absolute atomic E-state index is 0.0403. The first kappa shape index (κ1) is 19.9. The number of rotatable bonds is 7. The van der Waals surface area contributed by atoms with Crippen LogP contribution in [-0.4, -0.2) is 32.8 Å². The number of nitrogens with zero attached hydrogens (tertiary/aromatic N) is 1. The highest BCUT2D eigenvalue weighted by molar-refractivity contribution is 9.10. The van der Waals surface area contributed by atoms with Crippen molar-refractivity contribution in [3.63, 3.8) is 0 Å². The molecule has 0 unspecified atom stereocenters. The van der Waals surface area contributed by atoms with Gasteiger partial charge in [0.15, 0.2) is 0 Å². The van der Waals surface area contributed by atoms with E-state index in [-0.39, 0.29) is 23.8 Å². The van der Waals surface area contributed by atoms with Crippen molar-refractivity contribution in [2.45, 2.75) is 17.9 Å². The normalized spacial score (nSPS) is 11.3. The van der Waals surface area contributed by atoms with Crippen molar-refractivity contribution < 1.29 is 13.2 Å². The Balaban J connectivity index is 1.86. The van der Waals surface area contributed by atoms with E-state index in [0.717, 1.165) is 5.56 Å². The molecule has 1 amide bonds. The summed E-state index contributed by atoms with van der Waals surface area (Å²) in [6.45, 7) is 0.479. The molecule has 2 aromatic carbocycles. The van der Waals surface area contributed by atoms with Gasteiger partial charge in [-0.25, -0.2) is 13.1 Å². The highest BCUT2D eigenvalue weighted by Crippen LogP contribution is 2.16. The minimum atomic E-state index is -3.63. The summed E-state index contributed by atoms with van der Waals surface area (Å²) in [7, 11) is -1.95. The zero-order valence-corrected chi connectivity index (χ0v) is 16.7. The third kappa shape index (κ3) is 6.11. The second-order valence-corrected chi connectivity index (χ2v) is 8.60. The number of nitrogens with one attached hydrogen (secondary N) is 1. The Labute approximate surface area is 161 Å². The lowest BCUT2D eigenvalue weighted by Crippen LogP contribution is -2.31. The van der Waals surface area contributed by atoms with Gasteiger partial charge in [-0.05, 0) is 35.9 Å². The molecule has 0 heterocycles. The average molecular weight is 446 g/mol.